The second-order valence-electron chi connectivity index (χ2n) is 4.72. The SMILES string of the molecule is CCC(CC)n1ccc(CNCc2csc(C)n2)n1. The Bertz CT molecular complexity index is 499. The van der Waals surface area contributed by atoms with E-state index < -0.39 is 0 Å². The van der Waals surface area contributed by atoms with Crippen molar-refractivity contribution in [3.05, 3.63) is 34.0 Å². The maximum atomic E-state index is 4.63. The van der Waals surface area contributed by atoms with Crippen LogP contribution in [0.5, 0.6) is 0 Å². The van der Waals surface area contributed by atoms with Gasteiger partial charge in [-0.25, -0.2) is 4.98 Å². The molecule has 1 N–H and O–H groups in total. The van der Waals surface area contributed by atoms with Crippen molar-refractivity contribution in [3.63, 3.8) is 0 Å². The Balaban J connectivity index is 1.83. The van der Waals surface area contributed by atoms with Crippen LogP contribution in [-0.4, -0.2) is 14.8 Å². The smallest absolute Gasteiger partial charge is 0.0897 e. The first-order valence-corrected chi connectivity index (χ1v) is 7.76. The Morgan fingerprint density at radius 3 is 2.63 bits per heavy atom. The molecule has 0 spiro atoms. The van der Waals surface area contributed by atoms with Crippen molar-refractivity contribution in [1.29, 1.82) is 0 Å². The van der Waals surface area contributed by atoms with Crippen LogP contribution in [0.3, 0.4) is 0 Å². The molecule has 2 aromatic rings. The predicted octanol–water partition coefficient (Wildman–Crippen LogP) is 3.30. The summed E-state index contributed by atoms with van der Waals surface area (Å²) in [7, 11) is 0. The summed E-state index contributed by atoms with van der Waals surface area (Å²) in [5, 5.41) is 11.2. The van der Waals surface area contributed by atoms with Crippen molar-refractivity contribution in [2.45, 2.75) is 52.7 Å². The third-order valence-electron chi connectivity index (χ3n) is 3.26. The lowest BCUT2D eigenvalue weighted by Gasteiger charge is -2.12. The third-order valence-corrected chi connectivity index (χ3v) is 4.08. The highest BCUT2D eigenvalue weighted by molar-refractivity contribution is 7.09. The second kappa shape index (κ2) is 6.82. The van der Waals surface area contributed by atoms with E-state index in [1.807, 2.05) is 6.92 Å². The van der Waals surface area contributed by atoms with Gasteiger partial charge in [0, 0.05) is 24.7 Å². The van der Waals surface area contributed by atoms with Crippen molar-refractivity contribution in [2.75, 3.05) is 0 Å². The van der Waals surface area contributed by atoms with Crippen LogP contribution in [0, 0.1) is 6.92 Å². The van der Waals surface area contributed by atoms with Gasteiger partial charge in [0.05, 0.1) is 22.4 Å². The van der Waals surface area contributed by atoms with Crippen molar-refractivity contribution in [2.24, 2.45) is 0 Å². The lowest BCUT2D eigenvalue weighted by molar-refractivity contribution is 0.424. The normalized spacial score (nSPS) is 11.4. The highest BCUT2D eigenvalue weighted by atomic mass is 32.1. The fraction of sp³-hybridized carbons (Fsp3) is 0.571. The quantitative estimate of drug-likeness (QED) is 0.845. The largest absolute Gasteiger partial charge is 0.305 e. The molecule has 2 rings (SSSR count). The number of hydrogen-bond acceptors (Lipinski definition) is 4. The minimum absolute atomic E-state index is 0.523. The zero-order chi connectivity index (χ0) is 13.7. The number of aromatic nitrogens is 3. The van der Waals surface area contributed by atoms with Crippen LogP contribution in [0.2, 0.25) is 0 Å². The van der Waals surface area contributed by atoms with E-state index in [2.05, 4.69) is 51.6 Å². The molecule has 104 valence electrons. The zero-order valence-corrected chi connectivity index (χ0v) is 12.7. The first kappa shape index (κ1) is 14.2. The topological polar surface area (TPSA) is 42.7 Å². The van der Waals surface area contributed by atoms with Gasteiger partial charge in [0.15, 0.2) is 0 Å². The Hall–Kier alpha value is -1.20. The average molecular weight is 278 g/mol. The maximum absolute atomic E-state index is 4.63. The van der Waals surface area contributed by atoms with E-state index in [4.69, 9.17) is 0 Å². The van der Waals surface area contributed by atoms with Gasteiger partial charge in [-0.2, -0.15) is 5.10 Å². The number of rotatable bonds is 7. The van der Waals surface area contributed by atoms with Crippen LogP contribution >= 0.6 is 11.3 Å². The van der Waals surface area contributed by atoms with Gasteiger partial charge in [0.1, 0.15) is 0 Å². The molecule has 4 nitrogen and oxygen atoms in total. The fourth-order valence-electron chi connectivity index (χ4n) is 2.15. The molecule has 2 aromatic heterocycles. The molecule has 0 radical (unpaired) electrons. The predicted molar refractivity (Wildman–Crippen MR) is 79.2 cm³/mol. The van der Waals surface area contributed by atoms with E-state index in [1.165, 1.54) is 0 Å². The molecule has 0 fully saturated rings. The van der Waals surface area contributed by atoms with Gasteiger partial charge in [-0.1, -0.05) is 13.8 Å². The van der Waals surface area contributed by atoms with Crippen LogP contribution in [0.15, 0.2) is 17.6 Å². The highest BCUT2D eigenvalue weighted by Gasteiger charge is 2.07. The molecule has 19 heavy (non-hydrogen) atoms. The van der Waals surface area contributed by atoms with Gasteiger partial charge in [-0.15, -0.1) is 11.3 Å². The molecule has 0 saturated carbocycles. The van der Waals surface area contributed by atoms with Gasteiger partial charge in [0.2, 0.25) is 0 Å². The maximum Gasteiger partial charge on any atom is 0.0897 e. The first-order valence-electron chi connectivity index (χ1n) is 6.88. The van der Waals surface area contributed by atoms with Crippen molar-refractivity contribution in [3.8, 4) is 0 Å². The Morgan fingerprint density at radius 2 is 2.00 bits per heavy atom. The van der Waals surface area contributed by atoms with Crippen molar-refractivity contribution >= 4 is 11.3 Å². The van der Waals surface area contributed by atoms with Crippen LogP contribution < -0.4 is 5.32 Å². The monoisotopic (exact) mass is 278 g/mol. The van der Waals surface area contributed by atoms with Gasteiger partial charge in [-0.05, 0) is 25.8 Å². The van der Waals surface area contributed by atoms with E-state index >= 15 is 0 Å². The van der Waals surface area contributed by atoms with Crippen LogP contribution in [-0.2, 0) is 13.1 Å². The molecule has 0 aliphatic carbocycles. The van der Waals surface area contributed by atoms with Gasteiger partial charge in [0.25, 0.3) is 0 Å². The van der Waals surface area contributed by atoms with E-state index in [1.54, 1.807) is 11.3 Å². The molecule has 5 heteroatoms. The lowest BCUT2D eigenvalue weighted by Crippen LogP contribution is -2.14. The van der Waals surface area contributed by atoms with Gasteiger partial charge >= 0.3 is 0 Å². The summed E-state index contributed by atoms with van der Waals surface area (Å²) in [4.78, 5) is 4.43. The van der Waals surface area contributed by atoms with E-state index in [0.29, 0.717) is 6.04 Å². The third kappa shape index (κ3) is 3.88. The number of thiazole rings is 1. The molecule has 0 aliphatic heterocycles. The second-order valence-corrected chi connectivity index (χ2v) is 5.78. The number of aryl methyl sites for hydroxylation is 1. The number of nitrogens with one attached hydrogen (secondary N) is 1. The number of nitrogens with zero attached hydrogens (tertiary/aromatic N) is 3. The Labute approximate surface area is 118 Å². The zero-order valence-electron chi connectivity index (χ0n) is 11.9. The molecule has 0 saturated heterocycles. The highest BCUT2D eigenvalue weighted by Crippen LogP contribution is 2.14. The molecular weight excluding hydrogens is 256 g/mol. The van der Waals surface area contributed by atoms with Gasteiger partial charge < -0.3 is 5.32 Å². The summed E-state index contributed by atoms with van der Waals surface area (Å²) in [5.41, 5.74) is 2.21. The molecule has 0 amide bonds. The summed E-state index contributed by atoms with van der Waals surface area (Å²) in [6.07, 6.45) is 4.34. The molecule has 0 atom stereocenters. The summed E-state index contributed by atoms with van der Waals surface area (Å²) >= 11 is 1.69. The van der Waals surface area contributed by atoms with Crippen LogP contribution in [0.1, 0.15) is 49.1 Å². The molecule has 0 aromatic carbocycles. The molecular formula is C14H22N4S. The van der Waals surface area contributed by atoms with Crippen LogP contribution in [0.25, 0.3) is 0 Å². The number of hydrogen-bond donors (Lipinski definition) is 1. The minimum atomic E-state index is 0.523. The molecule has 0 aliphatic rings. The Morgan fingerprint density at radius 1 is 1.26 bits per heavy atom. The first-order chi connectivity index (χ1) is 9.22. The van der Waals surface area contributed by atoms with Crippen molar-refractivity contribution < 1.29 is 0 Å². The average Bonchev–Trinajstić information content (AvgIpc) is 3.01. The standard InChI is InChI=1S/C14H22N4S/c1-4-14(5-2)18-7-6-12(17-18)8-15-9-13-10-19-11(3)16-13/h6-7,10,14-15H,4-5,8-9H2,1-3H3. The summed E-state index contributed by atoms with van der Waals surface area (Å²) in [6, 6.07) is 2.62. The minimum Gasteiger partial charge on any atom is -0.305 e. The lowest BCUT2D eigenvalue weighted by atomic mass is 10.2. The Kier molecular flexibility index (Phi) is 5.10. The summed E-state index contributed by atoms with van der Waals surface area (Å²) in [5.74, 6) is 0. The molecule has 2 heterocycles. The van der Waals surface area contributed by atoms with E-state index in [9.17, 15) is 0 Å². The van der Waals surface area contributed by atoms with Crippen LogP contribution in [0.4, 0.5) is 0 Å². The van der Waals surface area contributed by atoms with Gasteiger partial charge in [-0.3, -0.25) is 4.68 Å². The van der Waals surface area contributed by atoms with E-state index in [-0.39, 0.29) is 0 Å². The fourth-order valence-corrected chi connectivity index (χ4v) is 2.76. The summed E-state index contributed by atoms with van der Waals surface area (Å²) < 4.78 is 2.09. The summed E-state index contributed by atoms with van der Waals surface area (Å²) in [6.45, 7) is 8.05. The van der Waals surface area contributed by atoms with Crippen molar-refractivity contribution in [1.82, 2.24) is 20.1 Å². The van der Waals surface area contributed by atoms with E-state index in [0.717, 1.165) is 42.3 Å². The molecule has 0 bridgehead atoms. The molecule has 0 unspecified atom stereocenters.